The molecule has 4 nitrogen and oxygen atoms in total. The summed E-state index contributed by atoms with van der Waals surface area (Å²) in [5.41, 5.74) is -0.0549. The monoisotopic (exact) mass is 243 g/mol. The molecule has 1 aliphatic rings. The molecule has 100 valence electrons. The number of rotatable bonds is 4. The molecule has 2 atom stereocenters. The normalized spacial score (nSPS) is 25.6. The molecule has 0 aromatic heterocycles. The van der Waals surface area contributed by atoms with E-state index in [-0.39, 0.29) is 30.3 Å². The lowest BCUT2D eigenvalue weighted by molar-refractivity contribution is -0.151. The lowest BCUT2D eigenvalue weighted by atomic mass is 9.95. The van der Waals surface area contributed by atoms with Crippen LogP contribution in [0.5, 0.6) is 0 Å². The van der Waals surface area contributed by atoms with Crippen LogP contribution in [0, 0.1) is 0 Å². The molecule has 0 aliphatic heterocycles. The maximum absolute atomic E-state index is 11.6. The van der Waals surface area contributed by atoms with Crippen molar-refractivity contribution in [2.24, 2.45) is 0 Å². The molecule has 4 heteroatoms. The fraction of sp³-hybridized carbons (Fsp3) is 0.923. The van der Waals surface area contributed by atoms with E-state index in [1.54, 1.807) is 7.11 Å². The van der Waals surface area contributed by atoms with Crippen molar-refractivity contribution in [1.29, 1.82) is 0 Å². The van der Waals surface area contributed by atoms with Crippen molar-refractivity contribution < 1.29 is 14.3 Å². The van der Waals surface area contributed by atoms with Gasteiger partial charge in [-0.25, -0.2) is 0 Å². The summed E-state index contributed by atoms with van der Waals surface area (Å²) < 4.78 is 10.7. The Labute approximate surface area is 104 Å². The number of methoxy groups -OCH3 is 1. The van der Waals surface area contributed by atoms with Gasteiger partial charge in [0.2, 0.25) is 0 Å². The van der Waals surface area contributed by atoms with Crippen LogP contribution in [0.1, 0.15) is 46.5 Å². The van der Waals surface area contributed by atoms with Gasteiger partial charge in [-0.2, -0.15) is 0 Å². The second-order valence-electron chi connectivity index (χ2n) is 5.74. The quantitative estimate of drug-likeness (QED) is 0.766. The van der Waals surface area contributed by atoms with Crippen molar-refractivity contribution in [2.75, 3.05) is 13.7 Å². The zero-order chi connectivity index (χ0) is 12.9. The molecule has 0 heterocycles. The summed E-state index contributed by atoms with van der Waals surface area (Å²) in [5.74, 6) is -0.165. The van der Waals surface area contributed by atoms with E-state index in [0.29, 0.717) is 0 Å². The van der Waals surface area contributed by atoms with Crippen LogP contribution in [0.15, 0.2) is 0 Å². The molecule has 0 amide bonds. The first-order chi connectivity index (χ1) is 7.90. The van der Waals surface area contributed by atoms with E-state index < -0.39 is 0 Å². The lowest BCUT2D eigenvalue weighted by Crippen LogP contribution is -2.41. The van der Waals surface area contributed by atoms with E-state index in [2.05, 4.69) is 5.32 Å². The molecule has 1 rings (SSSR count). The third kappa shape index (κ3) is 6.03. The Kier molecular flexibility index (Phi) is 5.40. The fourth-order valence-corrected chi connectivity index (χ4v) is 1.99. The summed E-state index contributed by atoms with van der Waals surface area (Å²) in [4.78, 5) is 11.6. The molecule has 1 aliphatic carbocycles. The van der Waals surface area contributed by atoms with Crippen molar-refractivity contribution >= 4 is 5.97 Å². The summed E-state index contributed by atoms with van der Waals surface area (Å²) in [7, 11) is 1.72. The predicted octanol–water partition coefficient (Wildman–Crippen LogP) is 1.88. The SMILES string of the molecule is COC1CCCC(OC(=O)CNC(C)(C)C)C1. The van der Waals surface area contributed by atoms with Gasteiger partial charge < -0.3 is 14.8 Å². The van der Waals surface area contributed by atoms with E-state index in [4.69, 9.17) is 9.47 Å². The molecule has 0 aromatic rings. The van der Waals surface area contributed by atoms with E-state index in [1.807, 2.05) is 20.8 Å². The smallest absolute Gasteiger partial charge is 0.320 e. The van der Waals surface area contributed by atoms with Gasteiger partial charge in [0.25, 0.3) is 0 Å². The van der Waals surface area contributed by atoms with Gasteiger partial charge in [-0.05, 0) is 40.0 Å². The predicted molar refractivity (Wildman–Crippen MR) is 66.9 cm³/mol. The van der Waals surface area contributed by atoms with Crippen LogP contribution in [0.2, 0.25) is 0 Å². The first kappa shape index (κ1) is 14.5. The standard InChI is InChI=1S/C13H25NO3/c1-13(2,3)14-9-12(15)17-11-7-5-6-10(8-11)16-4/h10-11,14H,5-9H2,1-4H3. The largest absolute Gasteiger partial charge is 0.461 e. The van der Waals surface area contributed by atoms with E-state index >= 15 is 0 Å². The maximum atomic E-state index is 11.6. The number of esters is 1. The summed E-state index contributed by atoms with van der Waals surface area (Å²) >= 11 is 0. The highest BCUT2D eigenvalue weighted by Gasteiger charge is 2.24. The molecule has 0 bridgehead atoms. The third-order valence-electron chi connectivity index (χ3n) is 2.97. The van der Waals surface area contributed by atoms with Gasteiger partial charge in [0, 0.05) is 19.1 Å². The highest BCUT2D eigenvalue weighted by molar-refractivity contribution is 5.71. The Morgan fingerprint density at radius 3 is 2.53 bits per heavy atom. The number of ether oxygens (including phenoxy) is 2. The minimum absolute atomic E-state index is 0.0305. The van der Waals surface area contributed by atoms with Gasteiger partial charge in [-0.15, -0.1) is 0 Å². The molecular weight excluding hydrogens is 218 g/mol. The zero-order valence-electron chi connectivity index (χ0n) is 11.4. The minimum atomic E-state index is -0.165. The van der Waals surface area contributed by atoms with Crippen LogP contribution in [-0.4, -0.2) is 37.4 Å². The second kappa shape index (κ2) is 6.36. The molecule has 1 N–H and O–H groups in total. The van der Waals surface area contributed by atoms with Gasteiger partial charge in [0.1, 0.15) is 6.10 Å². The summed E-state index contributed by atoms with van der Waals surface area (Å²) in [6.07, 6.45) is 4.22. The van der Waals surface area contributed by atoms with Crippen LogP contribution < -0.4 is 5.32 Å². The van der Waals surface area contributed by atoms with Crippen molar-refractivity contribution in [3.63, 3.8) is 0 Å². The zero-order valence-corrected chi connectivity index (χ0v) is 11.4. The van der Waals surface area contributed by atoms with Crippen molar-refractivity contribution in [3.8, 4) is 0 Å². The Balaban J connectivity index is 2.26. The molecule has 1 fully saturated rings. The van der Waals surface area contributed by atoms with Crippen molar-refractivity contribution in [1.82, 2.24) is 5.32 Å². The number of carbonyl (C=O) groups is 1. The lowest BCUT2D eigenvalue weighted by Gasteiger charge is -2.28. The molecule has 1 saturated carbocycles. The van der Waals surface area contributed by atoms with Gasteiger partial charge in [0.15, 0.2) is 0 Å². The summed E-state index contributed by atoms with van der Waals surface area (Å²) in [5, 5.41) is 3.13. The first-order valence-corrected chi connectivity index (χ1v) is 6.38. The van der Waals surface area contributed by atoms with Gasteiger partial charge in [-0.3, -0.25) is 4.79 Å². The van der Waals surface area contributed by atoms with Gasteiger partial charge in [-0.1, -0.05) is 0 Å². The van der Waals surface area contributed by atoms with Crippen LogP contribution in [0.3, 0.4) is 0 Å². The van der Waals surface area contributed by atoms with Crippen LogP contribution in [0.25, 0.3) is 0 Å². The van der Waals surface area contributed by atoms with E-state index in [9.17, 15) is 4.79 Å². The van der Waals surface area contributed by atoms with Crippen LogP contribution in [0.4, 0.5) is 0 Å². The number of hydrogen-bond acceptors (Lipinski definition) is 4. The highest BCUT2D eigenvalue weighted by atomic mass is 16.5. The number of nitrogens with one attached hydrogen (secondary N) is 1. The minimum Gasteiger partial charge on any atom is -0.461 e. The van der Waals surface area contributed by atoms with Crippen molar-refractivity contribution in [2.45, 2.75) is 64.2 Å². The Hall–Kier alpha value is -0.610. The number of carbonyl (C=O) groups excluding carboxylic acids is 1. The van der Waals surface area contributed by atoms with Crippen LogP contribution in [-0.2, 0) is 14.3 Å². The Morgan fingerprint density at radius 2 is 1.94 bits per heavy atom. The van der Waals surface area contributed by atoms with E-state index in [0.717, 1.165) is 25.7 Å². The van der Waals surface area contributed by atoms with Crippen molar-refractivity contribution in [3.05, 3.63) is 0 Å². The van der Waals surface area contributed by atoms with E-state index in [1.165, 1.54) is 0 Å². The molecule has 0 spiro atoms. The Morgan fingerprint density at radius 1 is 1.29 bits per heavy atom. The maximum Gasteiger partial charge on any atom is 0.320 e. The topological polar surface area (TPSA) is 47.6 Å². The molecule has 0 aromatic carbocycles. The molecule has 0 radical (unpaired) electrons. The van der Waals surface area contributed by atoms with Gasteiger partial charge >= 0.3 is 5.97 Å². The average molecular weight is 243 g/mol. The molecular formula is C13H25NO3. The second-order valence-corrected chi connectivity index (χ2v) is 5.74. The van der Waals surface area contributed by atoms with Gasteiger partial charge in [0.05, 0.1) is 12.6 Å². The average Bonchev–Trinajstić information content (AvgIpc) is 2.26. The molecule has 17 heavy (non-hydrogen) atoms. The third-order valence-corrected chi connectivity index (χ3v) is 2.97. The molecule has 0 saturated heterocycles. The Bertz CT molecular complexity index is 248. The highest BCUT2D eigenvalue weighted by Crippen LogP contribution is 2.23. The summed E-state index contributed by atoms with van der Waals surface area (Å²) in [6, 6.07) is 0. The number of hydrogen-bond donors (Lipinski definition) is 1. The molecule has 2 unspecified atom stereocenters. The fourth-order valence-electron chi connectivity index (χ4n) is 1.99. The summed E-state index contributed by atoms with van der Waals surface area (Å²) in [6.45, 7) is 6.36. The first-order valence-electron chi connectivity index (χ1n) is 6.38. The van der Waals surface area contributed by atoms with Crippen LogP contribution >= 0.6 is 0 Å².